The number of aliphatic carboxylic acids is 1. The Morgan fingerprint density at radius 3 is 2.39 bits per heavy atom. The second-order valence-electron chi connectivity index (χ2n) is 4.15. The van der Waals surface area contributed by atoms with E-state index in [0.717, 1.165) is 4.90 Å². The lowest BCUT2D eigenvalue weighted by molar-refractivity contribution is -0.137. The number of carboxylic acids is 1. The van der Waals surface area contributed by atoms with E-state index in [9.17, 15) is 14.4 Å². The van der Waals surface area contributed by atoms with Crippen LogP contribution in [0.1, 0.15) is 24.8 Å². The first kappa shape index (κ1) is 12.3. The molecule has 5 nitrogen and oxygen atoms in total. The minimum atomic E-state index is -0.899. The van der Waals surface area contributed by atoms with Gasteiger partial charge in [0.05, 0.1) is 5.69 Å². The lowest BCUT2D eigenvalue weighted by Crippen LogP contribution is -2.29. The van der Waals surface area contributed by atoms with E-state index in [1.807, 2.05) is 0 Å². The van der Waals surface area contributed by atoms with Gasteiger partial charge in [-0.1, -0.05) is 18.2 Å². The zero-order chi connectivity index (χ0) is 13.1. The molecular weight excluding hydrogens is 234 g/mol. The maximum absolute atomic E-state index is 11.7. The van der Waals surface area contributed by atoms with Gasteiger partial charge in [-0.25, -0.2) is 0 Å². The first-order chi connectivity index (χ1) is 8.59. The molecule has 94 valence electrons. The van der Waals surface area contributed by atoms with Crippen LogP contribution in [0.4, 0.5) is 5.69 Å². The van der Waals surface area contributed by atoms with Crippen molar-refractivity contribution in [2.24, 2.45) is 0 Å². The predicted octanol–water partition coefficient (Wildman–Crippen LogP) is 1.36. The molecule has 2 rings (SSSR count). The molecule has 1 fully saturated rings. The highest BCUT2D eigenvalue weighted by atomic mass is 16.4. The first-order valence-corrected chi connectivity index (χ1v) is 5.75. The number of benzene rings is 1. The predicted molar refractivity (Wildman–Crippen MR) is 64.1 cm³/mol. The van der Waals surface area contributed by atoms with Gasteiger partial charge in [0.25, 0.3) is 0 Å². The van der Waals surface area contributed by atoms with E-state index >= 15 is 0 Å². The number of carboxylic acid groups (broad SMARTS) is 1. The van der Waals surface area contributed by atoms with Crippen molar-refractivity contribution in [1.82, 2.24) is 0 Å². The highest BCUT2D eigenvalue weighted by molar-refractivity contribution is 6.20. The first-order valence-electron chi connectivity index (χ1n) is 5.75. The fourth-order valence-electron chi connectivity index (χ4n) is 2.03. The van der Waals surface area contributed by atoms with Gasteiger partial charge in [0.1, 0.15) is 0 Å². The number of hydrogen-bond donors (Lipinski definition) is 1. The van der Waals surface area contributed by atoms with Crippen LogP contribution in [0.3, 0.4) is 0 Å². The normalized spacial score (nSPS) is 15.2. The standard InChI is InChI=1S/C13H13NO4/c15-11-6-7-12(16)14(11)10-4-2-1-3-9(10)5-8-13(17)18/h1-4H,5-8H2,(H,17,18). The number of hydrogen-bond acceptors (Lipinski definition) is 3. The molecule has 0 atom stereocenters. The summed E-state index contributed by atoms with van der Waals surface area (Å²) >= 11 is 0. The molecule has 1 aliphatic rings. The lowest BCUT2D eigenvalue weighted by Gasteiger charge is -2.17. The fourth-order valence-corrected chi connectivity index (χ4v) is 2.03. The van der Waals surface area contributed by atoms with Gasteiger partial charge in [0.2, 0.25) is 11.8 Å². The van der Waals surface area contributed by atoms with E-state index in [2.05, 4.69) is 0 Å². The fraction of sp³-hybridized carbons (Fsp3) is 0.308. The van der Waals surface area contributed by atoms with Crippen molar-refractivity contribution in [3.05, 3.63) is 29.8 Å². The minimum absolute atomic E-state index is 0.0206. The molecule has 1 aromatic rings. The number of amides is 2. The minimum Gasteiger partial charge on any atom is -0.481 e. The molecule has 2 amide bonds. The summed E-state index contributed by atoms with van der Waals surface area (Å²) in [5.41, 5.74) is 1.23. The van der Waals surface area contributed by atoms with Crippen molar-refractivity contribution in [2.45, 2.75) is 25.7 Å². The van der Waals surface area contributed by atoms with Crippen LogP contribution in [0.15, 0.2) is 24.3 Å². The van der Waals surface area contributed by atoms with Gasteiger partial charge < -0.3 is 5.11 Å². The summed E-state index contributed by atoms with van der Waals surface area (Å²) in [6, 6.07) is 6.93. The number of carbonyl (C=O) groups excluding carboxylic acids is 2. The van der Waals surface area contributed by atoms with Gasteiger partial charge in [-0.2, -0.15) is 0 Å². The number of anilines is 1. The average Bonchev–Trinajstić information content (AvgIpc) is 2.67. The van der Waals surface area contributed by atoms with Gasteiger partial charge in [-0.3, -0.25) is 19.3 Å². The van der Waals surface area contributed by atoms with Crippen molar-refractivity contribution in [1.29, 1.82) is 0 Å². The Hall–Kier alpha value is -2.17. The van der Waals surface area contributed by atoms with Crippen LogP contribution in [0.5, 0.6) is 0 Å². The molecule has 1 heterocycles. The summed E-state index contributed by atoms with van der Waals surface area (Å²) < 4.78 is 0. The van der Waals surface area contributed by atoms with Gasteiger partial charge in [-0.05, 0) is 18.1 Å². The summed E-state index contributed by atoms with van der Waals surface area (Å²) in [6.07, 6.45) is 0.744. The molecule has 1 saturated heterocycles. The van der Waals surface area contributed by atoms with Gasteiger partial charge >= 0.3 is 5.97 Å². The number of rotatable bonds is 4. The highest BCUT2D eigenvalue weighted by Crippen LogP contribution is 2.27. The quantitative estimate of drug-likeness (QED) is 0.815. The van der Waals surface area contributed by atoms with Gasteiger partial charge in [0, 0.05) is 19.3 Å². The summed E-state index contributed by atoms with van der Waals surface area (Å²) in [5, 5.41) is 8.69. The van der Waals surface area contributed by atoms with Gasteiger partial charge in [0.15, 0.2) is 0 Å². The molecule has 5 heteroatoms. The molecule has 0 bridgehead atoms. The maximum Gasteiger partial charge on any atom is 0.303 e. The summed E-state index contributed by atoms with van der Waals surface area (Å²) in [7, 11) is 0. The Bertz CT molecular complexity index is 493. The second-order valence-corrected chi connectivity index (χ2v) is 4.15. The SMILES string of the molecule is O=C(O)CCc1ccccc1N1C(=O)CCC1=O. The van der Waals surface area contributed by atoms with Gasteiger partial charge in [-0.15, -0.1) is 0 Å². The lowest BCUT2D eigenvalue weighted by atomic mass is 10.1. The third-order valence-electron chi connectivity index (χ3n) is 2.89. The van der Waals surface area contributed by atoms with Crippen LogP contribution in [0.25, 0.3) is 0 Å². The zero-order valence-corrected chi connectivity index (χ0v) is 9.76. The average molecular weight is 247 g/mol. The molecule has 0 aromatic heterocycles. The maximum atomic E-state index is 11.7. The van der Waals surface area contributed by atoms with E-state index < -0.39 is 5.97 Å². The van der Waals surface area contributed by atoms with E-state index in [-0.39, 0.29) is 31.1 Å². The van der Waals surface area contributed by atoms with E-state index in [1.165, 1.54) is 0 Å². The van der Waals surface area contributed by atoms with Crippen LogP contribution in [-0.4, -0.2) is 22.9 Å². The molecule has 0 aliphatic carbocycles. The van der Waals surface area contributed by atoms with Crippen LogP contribution < -0.4 is 4.90 Å². The Kier molecular flexibility index (Phi) is 3.41. The van der Waals surface area contributed by atoms with Crippen LogP contribution >= 0.6 is 0 Å². The monoisotopic (exact) mass is 247 g/mol. The molecule has 0 spiro atoms. The number of para-hydroxylation sites is 1. The zero-order valence-electron chi connectivity index (χ0n) is 9.76. The van der Waals surface area contributed by atoms with Crippen LogP contribution in [-0.2, 0) is 20.8 Å². The Labute approximate surface area is 104 Å². The largest absolute Gasteiger partial charge is 0.481 e. The topological polar surface area (TPSA) is 74.7 Å². The number of carbonyl (C=O) groups is 3. The van der Waals surface area contributed by atoms with Crippen molar-refractivity contribution >= 4 is 23.5 Å². The van der Waals surface area contributed by atoms with Crippen molar-refractivity contribution in [3.63, 3.8) is 0 Å². The molecule has 0 unspecified atom stereocenters. The Morgan fingerprint density at radius 2 is 1.78 bits per heavy atom. The highest BCUT2D eigenvalue weighted by Gasteiger charge is 2.31. The van der Waals surface area contributed by atoms with Crippen molar-refractivity contribution < 1.29 is 19.5 Å². The third kappa shape index (κ3) is 2.40. The Balaban J connectivity index is 2.29. The molecule has 1 aliphatic heterocycles. The summed E-state index contributed by atoms with van der Waals surface area (Å²) in [6.45, 7) is 0. The third-order valence-corrected chi connectivity index (χ3v) is 2.89. The Morgan fingerprint density at radius 1 is 1.17 bits per heavy atom. The molecular formula is C13H13NO4. The summed E-state index contributed by atoms with van der Waals surface area (Å²) in [5.74, 6) is -1.34. The number of imide groups is 1. The van der Waals surface area contributed by atoms with E-state index in [1.54, 1.807) is 24.3 Å². The second kappa shape index (κ2) is 5.00. The number of nitrogens with zero attached hydrogens (tertiary/aromatic N) is 1. The van der Waals surface area contributed by atoms with E-state index in [0.29, 0.717) is 17.7 Å². The van der Waals surface area contributed by atoms with E-state index in [4.69, 9.17) is 5.11 Å². The van der Waals surface area contributed by atoms with Crippen LogP contribution in [0, 0.1) is 0 Å². The smallest absolute Gasteiger partial charge is 0.303 e. The molecule has 1 aromatic carbocycles. The molecule has 0 saturated carbocycles. The van der Waals surface area contributed by atoms with Crippen molar-refractivity contribution in [2.75, 3.05) is 4.90 Å². The number of aryl methyl sites for hydroxylation is 1. The van der Waals surface area contributed by atoms with Crippen LogP contribution in [0.2, 0.25) is 0 Å². The molecule has 18 heavy (non-hydrogen) atoms. The molecule has 1 N–H and O–H groups in total. The molecule has 0 radical (unpaired) electrons. The van der Waals surface area contributed by atoms with Crippen molar-refractivity contribution in [3.8, 4) is 0 Å². The summed E-state index contributed by atoms with van der Waals surface area (Å²) in [4.78, 5) is 35.1.